The maximum absolute atomic E-state index is 12.7. The quantitative estimate of drug-likeness (QED) is 0.497. The molecule has 0 aliphatic carbocycles. The van der Waals surface area contributed by atoms with Crippen LogP contribution in [0.15, 0.2) is 70.4 Å². The van der Waals surface area contributed by atoms with Crippen molar-refractivity contribution >= 4 is 29.3 Å². The summed E-state index contributed by atoms with van der Waals surface area (Å²) in [5, 5.41) is 16.6. The van der Waals surface area contributed by atoms with Crippen LogP contribution < -0.4 is 20.1 Å². The zero-order valence-electron chi connectivity index (χ0n) is 20.0. The number of thioether (sulfide) groups is 1. The van der Waals surface area contributed by atoms with Gasteiger partial charge in [0, 0.05) is 16.9 Å². The first-order valence-corrected chi connectivity index (χ1v) is 11.9. The maximum atomic E-state index is 12.7. The third-order valence-electron chi connectivity index (χ3n) is 5.30. The first kappa shape index (κ1) is 25.7. The van der Waals surface area contributed by atoms with Gasteiger partial charge in [0.15, 0.2) is 0 Å². The summed E-state index contributed by atoms with van der Waals surface area (Å²) in [7, 11) is 2.88. The van der Waals surface area contributed by atoms with Gasteiger partial charge in [-0.05, 0) is 44.2 Å². The van der Waals surface area contributed by atoms with E-state index in [0.29, 0.717) is 51.2 Å². The minimum atomic E-state index is -0.705. The molecule has 182 valence electrons. The number of esters is 1. The summed E-state index contributed by atoms with van der Waals surface area (Å²) in [6, 6.07) is 16.5. The van der Waals surface area contributed by atoms with E-state index < -0.39 is 11.9 Å². The van der Waals surface area contributed by atoms with Crippen LogP contribution in [-0.4, -0.2) is 38.5 Å². The largest absolute Gasteiger partial charge is 0.497 e. The molecule has 1 aliphatic heterocycles. The number of benzene rings is 2. The van der Waals surface area contributed by atoms with Gasteiger partial charge >= 0.3 is 5.97 Å². The Bertz CT molecular complexity index is 1200. The Balaban J connectivity index is 1.91. The molecular formula is C26H27N3O5S. The number of anilines is 1. The van der Waals surface area contributed by atoms with Crippen molar-refractivity contribution in [3.63, 3.8) is 0 Å². The number of carbonyl (C=O) groups is 2. The van der Waals surface area contributed by atoms with Crippen LogP contribution in [0.4, 0.5) is 5.69 Å². The van der Waals surface area contributed by atoms with Crippen LogP contribution in [0.2, 0.25) is 0 Å². The molecule has 0 saturated heterocycles. The molecule has 0 radical (unpaired) electrons. The van der Waals surface area contributed by atoms with Crippen LogP contribution in [0, 0.1) is 11.3 Å². The van der Waals surface area contributed by atoms with Crippen molar-refractivity contribution < 1.29 is 23.8 Å². The van der Waals surface area contributed by atoms with E-state index in [4.69, 9.17) is 14.2 Å². The van der Waals surface area contributed by atoms with Crippen LogP contribution in [0.5, 0.6) is 11.5 Å². The second-order valence-electron chi connectivity index (χ2n) is 7.48. The van der Waals surface area contributed by atoms with E-state index in [1.54, 1.807) is 44.4 Å². The topological polar surface area (TPSA) is 110 Å². The molecule has 1 unspecified atom stereocenters. The number of nitrogens with one attached hydrogen (secondary N) is 2. The lowest BCUT2D eigenvalue weighted by Crippen LogP contribution is -2.29. The van der Waals surface area contributed by atoms with Gasteiger partial charge in [-0.25, -0.2) is 4.79 Å². The van der Waals surface area contributed by atoms with Crippen molar-refractivity contribution in [3.8, 4) is 17.6 Å². The van der Waals surface area contributed by atoms with Crippen LogP contribution in [0.1, 0.15) is 25.3 Å². The molecule has 3 rings (SSSR count). The molecule has 0 bridgehead atoms. The molecule has 1 heterocycles. The Kier molecular flexibility index (Phi) is 8.81. The zero-order valence-corrected chi connectivity index (χ0v) is 20.8. The third-order valence-corrected chi connectivity index (χ3v) is 6.32. The minimum Gasteiger partial charge on any atom is -0.497 e. The van der Waals surface area contributed by atoms with Gasteiger partial charge in [0.2, 0.25) is 5.91 Å². The highest BCUT2D eigenvalue weighted by Gasteiger charge is 2.36. The number of allylic oxidation sites excluding steroid dienone is 2. The van der Waals surface area contributed by atoms with E-state index >= 15 is 0 Å². The average Bonchev–Trinajstić information content (AvgIpc) is 2.87. The lowest BCUT2D eigenvalue weighted by atomic mass is 9.82. The number of hydrogen-bond donors (Lipinski definition) is 2. The van der Waals surface area contributed by atoms with Gasteiger partial charge in [-0.1, -0.05) is 30.0 Å². The number of methoxy groups -OCH3 is 2. The summed E-state index contributed by atoms with van der Waals surface area (Å²) >= 11 is 1.19. The van der Waals surface area contributed by atoms with E-state index in [1.165, 1.54) is 18.9 Å². The number of nitriles is 1. The average molecular weight is 494 g/mol. The molecular weight excluding hydrogens is 466 g/mol. The number of ether oxygens (including phenoxy) is 3. The molecule has 0 fully saturated rings. The summed E-state index contributed by atoms with van der Waals surface area (Å²) in [4.78, 5) is 25.3. The second kappa shape index (κ2) is 12.0. The predicted molar refractivity (Wildman–Crippen MR) is 135 cm³/mol. The second-order valence-corrected chi connectivity index (χ2v) is 8.46. The smallest absolute Gasteiger partial charge is 0.336 e. The zero-order chi connectivity index (χ0) is 25.4. The molecule has 0 spiro atoms. The minimum absolute atomic E-state index is 0.0558. The van der Waals surface area contributed by atoms with Gasteiger partial charge in [-0.2, -0.15) is 5.26 Å². The van der Waals surface area contributed by atoms with Gasteiger partial charge in [0.05, 0.1) is 54.7 Å². The molecule has 8 nitrogen and oxygen atoms in total. The van der Waals surface area contributed by atoms with Crippen LogP contribution in [0.3, 0.4) is 0 Å². The predicted octanol–water partition coefficient (Wildman–Crippen LogP) is 4.33. The fourth-order valence-corrected chi connectivity index (χ4v) is 4.62. The van der Waals surface area contributed by atoms with Crippen LogP contribution in [0.25, 0.3) is 0 Å². The summed E-state index contributed by atoms with van der Waals surface area (Å²) in [6.07, 6.45) is 0. The number of amides is 1. The monoisotopic (exact) mass is 493 g/mol. The van der Waals surface area contributed by atoms with Crippen molar-refractivity contribution in [1.82, 2.24) is 5.32 Å². The molecule has 2 N–H and O–H groups in total. The number of para-hydroxylation sites is 1. The van der Waals surface area contributed by atoms with E-state index in [2.05, 4.69) is 16.7 Å². The standard InChI is InChI=1S/C26H27N3O5S/c1-5-34-21-9-7-6-8-19(21)24-20(14-27)25(28-16(2)23(24)26(31)33-4)35-15-22(30)29-17-10-12-18(32-3)13-11-17/h6-13,24,28H,5,15H2,1-4H3,(H,29,30). The van der Waals surface area contributed by atoms with Gasteiger partial charge in [0.1, 0.15) is 11.5 Å². The molecule has 1 amide bonds. The van der Waals surface area contributed by atoms with E-state index in [-0.39, 0.29) is 11.7 Å². The van der Waals surface area contributed by atoms with E-state index in [0.717, 1.165) is 0 Å². The van der Waals surface area contributed by atoms with Crippen molar-refractivity contribution in [2.24, 2.45) is 0 Å². The van der Waals surface area contributed by atoms with Gasteiger partial charge in [-0.15, -0.1) is 0 Å². The van der Waals surface area contributed by atoms with Crippen LogP contribution in [-0.2, 0) is 14.3 Å². The van der Waals surface area contributed by atoms with Gasteiger partial charge in [0.25, 0.3) is 0 Å². The Morgan fingerprint density at radius 2 is 1.86 bits per heavy atom. The summed E-state index contributed by atoms with van der Waals surface area (Å²) < 4.78 is 16.0. The fraction of sp³-hybridized carbons (Fsp3) is 0.269. The summed E-state index contributed by atoms with van der Waals surface area (Å²) in [5.74, 6) is -0.164. The molecule has 1 atom stereocenters. The van der Waals surface area contributed by atoms with Crippen LogP contribution >= 0.6 is 11.8 Å². The Morgan fingerprint density at radius 3 is 2.49 bits per heavy atom. The number of dihydropyridines is 1. The van der Waals surface area contributed by atoms with E-state index in [9.17, 15) is 14.9 Å². The molecule has 9 heteroatoms. The highest BCUT2D eigenvalue weighted by molar-refractivity contribution is 8.03. The van der Waals surface area contributed by atoms with Crippen molar-refractivity contribution in [1.29, 1.82) is 5.26 Å². The van der Waals surface area contributed by atoms with Gasteiger partial charge < -0.3 is 24.8 Å². The molecule has 0 saturated carbocycles. The maximum Gasteiger partial charge on any atom is 0.336 e. The van der Waals surface area contributed by atoms with Crippen molar-refractivity contribution in [3.05, 3.63) is 76.0 Å². The summed E-state index contributed by atoms with van der Waals surface area (Å²) in [5.41, 5.74) is 2.49. The number of carbonyl (C=O) groups excluding carboxylic acids is 2. The molecule has 1 aliphatic rings. The number of rotatable bonds is 9. The summed E-state index contributed by atoms with van der Waals surface area (Å²) in [6.45, 7) is 4.04. The Labute approximate surface area is 208 Å². The normalized spacial score (nSPS) is 15.1. The third kappa shape index (κ3) is 5.97. The Hall–Kier alpha value is -3.90. The number of hydrogen-bond acceptors (Lipinski definition) is 8. The molecule has 2 aromatic carbocycles. The highest BCUT2D eigenvalue weighted by Crippen LogP contribution is 2.43. The van der Waals surface area contributed by atoms with Crippen molar-refractivity contribution in [2.75, 3.05) is 31.9 Å². The van der Waals surface area contributed by atoms with E-state index in [1.807, 2.05) is 25.1 Å². The molecule has 35 heavy (non-hydrogen) atoms. The lowest BCUT2D eigenvalue weighted by molar-refractivity contribution is -0.136. The number of nitrogens with zero attached hydrogens (tertiary/aromatic N) is 1. The fourth-order valence-electron chi connectivity index (χ4n) is 3.73. The Morgan fingerprint density at radius 1 is 1.14 bits per heavy atom. The molecule has 0 aromatic heterocycles. The van der Waals surface area contributed by atoms with Gasteiger partial charge in [-0.3, -0.25) is 4.79 Å². The first-order chi connectivity index (χ1) is 16.9. The van der Waals surface area contributed by atoms with Crippen molar-refractivity contribution in [2.45, 2.75) is 19.8 Å². The SMILES string of the molecule is CCOc1ccccc1C1C(C#N)=C(SCC(=O)Nc2ccc(OC)cc2)NC(C)=C1C(=O)OC. The molecule has 2 aromatic rings. The highest BCUT2D eigenvalue weighted by atomic mass is 32.2. The lowest BCUT2D eigenvalue weighted by Gasteiger charge is -2.30. The first-order valence-electron chi connectivity index (χ1n) is 10.9.